The Kier molecular flexibility index (Phi) is 8.62. The Bertz CT molecular complexity index is 1160. The summed E-state index contributed by atoms with van der Waals surface area (Å²) in [6.07, 6.45) is 1.25. The van der Waals surface area contributed by atoms with Gasteiger partial charge in [-0.3, -0.25) is 4.79 Å². The quantitative estimate of drug-likeness (QED) is 0.349. The van der Waals surface area contributed by atoms with Crippen LogP contribution in [-0.2, 0) is 33.7 Å². The lowest BCUT2D eigenvalue weighted by atomic mass is 9.91. The van der Waals surface area contributed by atoms with E-state index in [0.29, 0.717) is 55.8 Å². The van der Waals surface area contributed by atoms with E-state index in [1.807, 2.05) is 37.4 Å². The molecule has 1 aliphatic heterocycles. The number of methoxy groups -OCH3 is 1. The molecule has 36 heavy (non-hydrogen) atoms. The number of hydrogen-bond acceptors (Lipinski definition) is 10. The molecule has 1 aliphatic rings. The van der Waals surface area contributed by atoms with Crippen molar-refractivity contribution in [2.45, 2.75) is 38.7 Å². The van der Waals surface area contributed by atoms with E-state index in [0.717, 1.165) is 22.6 Å². The van der Waals surface area contributed by atoms with Crippen LogP contribution in [0.25, 0.3) is 0 Å². The fraction of sp³-hybridized carbons (Fsp3) is 0.423. The molecule has 0 amide bonds. The first-order valence-corrected chi connectivity index (χ1v) is 11.9. The highest BCUT2D eigenvalue weighted by Gasteiger charge is 2.23. The highest BCUT2D eigenvalue weighted by molar-refractivity contribution is 5.70. The highest BCUT2D eigenvalue weighted by atomic mass is 16.7. The number of benzene rings is 1. The molecule has 10 nitrogen and oxygen atoms in total. The highest BCUT2D eigenvalue weighted by Crippen LogP contribution is 2.36. The molecule has 0 radical (unpaired) electrons. The van der Waals surface area contributed by atoms with E-state index in [4.69, 9.17) is 28.2 Å². The number of carbonyl (C=O) groups excluding carboxylic acids is 1. The lowest BCUT2D eigenvalue weighted by Crippen LogP contribution is -2.12. The van der Waals surface area contributed by atoms with E-state index in [1.165, 1.54) is 0 Å². The molecule has 3 aromatic rings. The van der Waals surface area contributed by atoms with Crippen molar-refractivity contribution in [1.29, 1.82) is 0 Å². The summed E-state index contributed by atoms with van der Waals surface area (Å²) in [6.45, 7) is 3.18. The average Bonchev–Trinajstić information content (AvgIpc) is 3.53. The number of anilines is 1. The molecule has 1 unspecified atom stereocenters. The Morgan fingerprint density at radius 2 is 2.03 bits per heavy atom. The third-order valence-corrected chi connectivity index (χ3v) is 5.75. The zero-order chi connectivity index (χ0) is 25.3. The zero-order valence-corrected chi connectivity index (χ0v) is 20.7. The second kappa shape index (κ2) is 12.3. The Balaban J connectivity index is 1.37. The van der Waals surface area contributed by atoms with Gasteiger partial charge in [0.15, 0.2) is 11.5 Å². The van der Waals surface area contributed by atoms with Crippen LogP contribution < -0.4 is 19.5 Å². The summed E-state index contributed by atoms with van der Waals surface area (Å²) in [5.74, 6) is 2.67. The van der Waals surface area contributed by atoms with Crippen molar-refractivity contribution in [3.63, 3.8) is 0 Å². The van der Waals surface area contributed by atoms with Gasteiger partial charge in [0, 0.05) is 50.2 Å². The number of carbonyl (C=O) groups is 1. The van der Waals surface area contributed by atoms with Crippen LogP contribution in [0.5, 0.6) is 17.4 Å². The lowest BCUT2D eigenvalue weighted by Gasteiger charge is -2.15. The number of nitrogens with one attached hydrogen (secondary N) is 1. The topological polar surface area (TPSA) is 114 Å². The molecule has 0 spiro atoms. The maximum Gasteiger partial charge on any atom is 0.306 e. The summed E-state index contributed by atoms with van der Waals surface area (Å²) in [6, 6.07) is 11.4. The Hall–Kier alpha value is -3.79. The number of rotatable bonds is 13. The molecule has 3 heterocycles. The van der Waals surface area contributed by atoms with Gasteiger partial charge in [-0.05, 0) is 35.8 Å². The number of ether oxygens (including phenoxy) is 5. The van der Waals surface area contributed by atoms with Crippen molar-refractivity contribution in [3.05, 3.63) is 59.0 Å². The van der Waals surface area contributed by atoms with Gasteiger partial charge in [0.25, 0.3) is 5.88 Å². The van der Waals surface area contributed by atoms with Crippen LogP contribution in [-0.4, -0.2) is 50.3 Å². The maximum atomic E-state index is 12.3. The van der Waals surface area contributed by atoms with Crippen molar-refractivity contribution in [1.82, 2.24) is 10.1 Å². The molecule has 192 valence electrons. The second-order valence-corrected chi connectivity index (χ2v) is 8.25. The largest absolute Gasteiger partial charge is 0.475 e. The van der Waals surface area contributed by atoms with Gasteiger partial charge < -0.3 is 33.5 Å². The van der Waals surface area contributed by atoms with Gasteiger partial charge in [-0.15, -0.1) is 0 Å². The first-order valence-electron chi connectivity index (χ1n) is 11.9. The molecule has 4 rings (SSSR count). The minimum absolute atomic E-state index is 0.186. The lowest BCUT2D eigenvalue weighted by molar-refractivity contribution is -0.143. The predicted molar refractivity (Wildman–Crippen MR) is 130 cm³/mol. The van der Waals surface area contributed by atoms with Gasteiger partial charge in [-0.1, -0.05) is 12.1 Å². The standard InChI is InChI=1S/C26H31N3O7/c1-4-32-25(30)13-19(17-6-8-22-23(12-17)35-16-34-22)11-21-14-24(29-36-21)33-10-9-20-7-5-18(15-31-3)26(27-2)28-20/h5-8,12,14,19H,4,9-11,13,15-16H2,1-3H3,(H,27,28). The Morgan fingerprint density at radius 1 is 1.17 bits per heavy atom. The summed E-state index contributed by atoms with van der Waals surface area (Å²) >= 11 is 0. The Labute approximate surface area is 209 Å². The van der Waals surface area contributed by atoms with E-state index in [2.05, 4.69) is 15.5 Å². The van der Waals surface area contributed by atoms with Crippen LogP contribution in [0.3, 0.4) is 0 Å². The van der Waals surface area contributed by atoms with Gasteiger partial charge >= 0.3 is 5.97 Å². The first kappa shape index (κ1) is 25.3. The van der Waals surface area contributed by atoms with Crippen LogP contribution in [0.2, 0.25) is 0 Å². The number of fused-ring (bicyclic) bond motifs is 1. The van der Waals surface area contributed by atoms with E-state index >= 15 is 0 Å². The molecule has 0 aliphatic carbocycles. The summed E-state index contributed by atoms with van der Waals surface area (Å²) in [7, 11) is 3.49. The minimum atomic E-state index is -0.277. The van der Waals surface area contributed by atoms with E-state index in [9.17, 15) is 4.79 Å². The van der Waals surface area contributed by atoms with Crippen LogP contribution in [0.15, 0.2) is 40.9 Å². The first-order chi connectivity index (χ1) is 17.6. The Morgan fingerprint density at radius 3 is 2.83 bits per heavy atom. The third kappa shape index (κ3) is 6.45. The van der Waals surface area contributed by atoms with Crippen molar-refractivity contribution in [3.8, 4) is 17.4 Å². The van der Waals surface area contributed by atoms with Crippen molar-refractivity contribution < 1.29 is 33.0 Å². The van der Waals surface area contributed by atoms with E-state index < -0.39 is 0 Å². The maximum absolute atomic E-state index is 12.3. The third-order valence-electron chi connectivity index (χ3n) is 5.75. The van der Waals surface area contributed by atoms with Crippen molar-refractivity contribution >= 4 is 11.8 Å². The van der Waals surface area contributed by atoms with Crippen LogP contribution in [0, 0.1) is 0 Å². The fourth-order valence-electron chi connectivity index (χ4n) is 4.01. The van der Waals surface area contributed by atoms with Gasteiger partial charge in [0.1, 0.15) is 11.6 Å². The van der Waals surface area contributed by atoms with Gasteiger partial charge in [-0.2, -0.15) is 0 Å². The average molecular weight is 498 g/mol. The monoisotopic (exact) mass is 497 g/mol. The van der Waals surface area contributed by atoms with Crippen LogP contribution >= 0.6 is 0 Å². The number of pyridine rings is 1. The summed E-state index contributed by atoms with van der Waals surface area (Å²) in [5.41, 5.74) is 2.81. The van der Waals surface area contributed by atoms with E-state index in [-0.39, 0.29) is 25.1 Å². The molecule has 1 atom stereocenters. The molecule has 10 heteroatoms. The number of esters is 1. The summed E-state index contributed by atoms with van der Waals surface area (Å²) in [5, 5.41) is 7.12. The second-order valence-electron chi connectivity index (χ2n) is 8.25. The van der Waals surface area contributed by atoms with Gasteiger partial charge in [-0.25, -0.2) is 4.98 Å². The number of hydrogen-bond donors (Lipinski definition) is 1. The van der Waals surface area contributed by atoms with Crippen LogP contribution in [0.4, 0.5) is 5.82 Å². The molecule has 1 N–H and O–H groups in total. The van der Waals surface area contributed by atoms with Crippen molar-refractivity contribution in [2.75, 3.05) is 39.5 Å². The van der Waals surface area contributed by atoms with E-state index in [1.54, 1.807) is 20.1 Å². The zero-order valence-electron chi connectivity index (χ0n) is 20.7. The molecule has 0 saturated carbocycles. The van der Waals surface area contributed by atoms with Crippen LogP contribution in [0.1, 0.15) is 41.8 Å². The molecule has 0 fully saturated rings. The molecule has 1 aromatic carbocycles. The summed E-state index contributed by atoms with van der Waals surface area (Å²) < 4.78 is 32.6. The fourth-order valence-corrected chi connectivity index (χ4v) is 4.01. The smallest absolute Gasteiger partial charge is 0.306 e. The van der Waals surface area contributed by atoms with Gasteiger partial charge in [0.05, 0.1) is 26.2 Å². The molecule has 0 saturated heterocycles. The summed E-state index contributed by atoms with van der Waals surface area (Å²) in [4.78, 5) is 16.9. The molecular weight excluding hydrogens is 466 g/mol. The minimum Gasteiger partial charge on any atom is -0.475 e. The molecule has 2 aromatic heterocycles. The SMILES string of the molecule is CCOC(=O)CC(Cc1cc(OCCc2ccc(COC)c(NC)n2)no1)c1ccc2c(c1)OCO2. The molecular formula is C26H31N3O7. The number of aromatic nitrogens is 2. The number of nitrogens with zero attached hydrogens (tertiary/aromatic N) is 2. The van der Waals surface area contributed by atoms with Gasteiger partial charge in [0.2, 0.25) is 6.79 Å². The normalized spacial score (nSPS) is 12.9. The molecule has 0 bridgehead atoms. The predicted octanol–water partition coefficient (Wildman–Crippen LogP) is 3.89. The van der Waals surface area contributed by atoms with Crippen molar-refractivity contribution in [2.24, 2.45) is 0 Å².